The van der Waals surface area contributed by atoms with E-state index in [1.807, 2.05) is 13.8 Å². The zero-order chi connectivity index (χ0) is 21.8. The highest BCUT2D eigenvalue weighted by Gasteiger charge is 2.16. The van der Waals surface area contributed by atoms with Gasteiger partial charge in [0.15, 0.2) is 6.61 Å². The summed E-state index contributed by atoms with van der Waals surface area (Å²) < 4.78 is 10.1. The molecule has 154 valence electrons. The molecule has 0 radical (unpaired) electrons. The van der Waals surface area contributed by atoms with Crippen molar-refractivity contribution in [1.29, 1.82) is 0 Å². The Morgan fingerprint density at radius 2 is 1.77 bits per heavy atom. The van der Waals surface area contributed by atoms with E-state index < -0.39 is 23.4 Å². The molecule has 0 unspecified atom stereocenters. The summed E-state index contributed by atoms with van der Waals surface area (Å²) in [5.41, 5.74) is 3.03. The fourth-order valence-electron chi connectivity index (χ4n) is 2.66. The van der Waals surface area contributed by atoms with Crippen molar-refractivity contribution in [3.8, 4) is 5.75 Å². The smallest absolute Gasteiger partial charge is 0.338 e. The van der Waals surface area contributed by atoms with E-state index in [1.54, 1.807) is 18.2 Å². The number of hydrogen-bond donors (Lipinski definition) is 1. The first-order chi connectivity index (χ1) is 14.3. The Labute approximate surface area is 171 Å². The number of benzene rings is 2. The van der Waals surface area contributed by atoms with Crippen LogP contribution in [-0.2, 0) is 9.53 Å². The molecule has 0 aliphatic carbocycles. The van der Waals surface area contributed by atoms with Crippen molar-refractivity contribution >= 4 is 34.3 Å². The summed E-state index contributed by atoms with van der Waals surface area (Å²) in [5, 5.41) is 13.3. The van der Waals surface area contributed by atoms with Crippen LogP contribution in [0.2, 0.25) is 0 Å². The second-order valence-corrected chi connectivity index (χ2v) is 6.36. The summed E-state index contributed by atoms with van der Waals surface area (Å²) in [6.45, 7) is 3.13. The number of fused-ring (bicyclic) bond motifs is 1. The largest absolute Gasteiger partial charge is 0.494 e. The molecule has 0 aliphatic heterocycles. The summed E-state index contributed by atoms with van der Waals surface area (Å²) in [6, 6.07) is 8.50. The van der Waals surface area contributed by atoms with E-state index in [2.05, 4.69) is 15.3 Å². The minimum Gasteiger partial charge on any atom is -0.494 e. The summed E-state index contributed by atoms with van der Waals surface area (Å²) in [5.74, 6) is -1.20. The van der Waals surface area contributed by atoms with Gasteiger partial charge in [0.2, 0.25) is 0 Å². The van der Waals surface area contributed by atoms with Gasteiger partial charge in [0, 0.05) is 6.07 Å². The number of rotatable bonds is 6. The number of nitro groups is 1. The molecule has 0 atom stereocenters. The molecular formula is C20H18N4O6. The van der Waals surface area contributed by atoms with E-state index in [0.717, 1.165) is 11.4 Å². The standard InChI is InChI=1S/C20H18N4O6/c1-11-12(2)22-17-8-13(4-6-15(17)21-11)20(26)30-10-19(25)23-16-7-5-14(24(27)28)9-18(16)29-3/h4-9H,10H2,1-3H3,(H,23,25). The van der Waals surface area contributed by atoms with Crippen molar-refractivity contribution in [2.24, 2.45) is 0 Å². The first kappa shape index (κ1) is 20.6. The molecule has 2 aromatic carbocycles. The third-order valence-corrected chi connectivity index (χ3v) is 4.32. The highest BCUT2D eigenvalue weighted by molar-refractivity contribution is 5.97. The Morgan fingerprint density at radius 3 is 2.43 bits per heavy atom. The number of amides is 1. The number of nitro benzene ring substituents is 1. The molecule has 1 aromatic heterocycles. The van der Waals surface area contributed by atoms with E-state index >= 15 is 0 Å². The van der Waals surface area contributed by atoms with Gasteiger partial charge in [0.25, 0.3) is 11.6 Å². The van der Waals surface area contributed by atoms with Crippen LogP contribution < -0.4 is 10.1 Å². The van der Waals surface area contributed by atoms with Crippen LogP contribution in [0.1, 0.15) is 21.7 Å². The highest BCUT2D eigenvalue weighted by Crippen LogP contribution is 2.28. The van der Waals surface area contributed by atoms with Gasteiger partial charge >= 0.3 is 5.97 Å². The zero-order valence-corrected chi connectivity index (χ0v) is 16.5. The van der Waals surface area contributed by atoms with Crippen LogP contribution in [0.15, 0.2) is 36.4 Å². The summed E-state index contributed by atoms with van der Waals surface area (Å²) in [6.07, 6.45) is 0. The molecule has 0 fully saturated rings. The first-order valence-corrected chi connectivity index (χ1v) is 8.83. The molecule has 0 spiro atoms. The van der Waals surface area contributed by atoms with Gasteiger partial charge in [-0.15, -0.1) is 0 Å². The lowest BCUT2D eigenvalue weighted by atomic mass is 10.2. The van der Waals surface area contributed by atoms with E-state index in [0.29, 0.717) is 11.0 Å². The number of anilines is 1. The van der Waals surface area contributed by atoms with Crippen LogP contribution in [0.25, 0.3) is 11.0 Å². The molecule has 1 heterocycles. The molecular weight excluding hydrogens is 392 g/mol. The number of nitrogens with zero attached hydrogens (tertiary/aromatic N) is 3. The summed E-state index contributed by atoms with van der Waals surface area (Å²) in [4.78, 5) is 43.5. The SMILES string of the molecule is COc1cc([N+](=O)[O-])ccc1NC(=O)COC(=O)c1ccc2nc(C)c(C)nc2c1. The number of carbonyl (C=O) groups excluding carboxylic acids is 2. The second-order valence-electron chi connectivity index (χ2n) is 6.36. The van der Waals surface area contributed by atoms with Gasteiger partial charge < -0.3 is 14.8 Å². The molecule has 10 nitrogen and oxygen atoms in total. The van der Waals surface area contributed by atoms with Crippen molar-refractivity contribution in [3.63, 3.8) is 0 Å². The molecule has 0 bridgehead atoms. The average Bonchev–Trinajstić information content (AvgIpc) is 2.72. The highest BCUT2D eigenvalue weighted by atomic mass is 16.6. The van der Waals surface area contributed by atoms with Crippen molar-refractivity contribution < 1.29 is 24.0 Å². The van der Waals surface area contributed by atoms with Crippen molar-refractivity contribution in [1.82, 2.24) is 9.97 Å². The maximum Gasteiger partial charge on any atom is 0.338 e. The van der Waals surface area contributed by atoms with Crippen LogP contribution >= 0.6 is 0 Å². The molecule has 0 saturated carbocycles. The van der Waals surface area contributed by atoms with Crippen molar-refractivity contribution in [2.45, 2.75) is 13.8 Å². The summed E-state index contributed by atoms with van der Waals surface area (Å²) in [7, 11) is 1.32. The van der Waals surface area contributed by atoms with Gasteiger partial charge in [-0.3, -0.25) is 14.9 Å². The third-order valence-electron chi connectivity index (χ3n) is 4.32. The number of nitrogens with one attached hydrogen (secondary N) is 1. The minimum atomic E-state index is -0.692. The number of carbonyl (C=O) groups is 2. The van der Waals surface area contributed by atoms with Gasteiger partial charge in [-0.1, -0.05) is 0 Å². The molecule has 0 aliphatic rings. The molecule has 10 heteroatoms. The van der Waals surface area contributed by atoms with Gasteiger partial charge in [-0.2, -0.15) is 0 Å². The number of hydrogen-bond acceptors (Lipinski definition) is 8. The van der Waals surface area contributed by atoms with Crippen LogP contribution in [0.3, 0.4) is 0 Å². The Bertz CT molecular complexity index is 1160. The maximum absolute atomic E-state index is 12.3. The first-order valence-electron chi connectivity index (χ1n) is 8.83. The fourth-order valence-corrected chi connectivity index (χ4v) is 2.66. The summed E-state index contributed by atoms with van der Waals surface area (Å²) >= 11 is 0. The van der Waals surface area contributed by atoms with Gasteiger partial charge in [0.1, 0.15) is 5.75 Å². The molecule has 0 saturated heterocycles. The average molecular weight is 410 g/mol. The van der Waals surface area contributed by atoms with Gasteiger partial charge in [0.05, 0.1) is 51.8 Å². The van der Waals surface area contributed by atoms with Crippen molar-refractivity contribution in [3.05, 3.63) is 63.5 Å². The predicted octanol–water partition coefficient (Wildman–Crippen LogP) is 2.96. The van der Waals surface area contributed by atoms with Gasteiger partial charge in [-0.25, -0.2) is 14.8 Å². The van der Waals surface area contributed by atoms with E-state index in [-0.39, 0.29) is 22.7 Å². The second kappa shape index (κ2) is 8.52. The topological polar surface area (TPSA) is 134 Å². The van der Waals surface area contributed by atoms with Crippen LogP contribution in [-0.4, -0.2) is 40.5 Å². The van der Waals surface area contributed by atoms with Crippen LogP contribution in [0.4, 0.5) is 11.4 Å². The van der Waals surface area contributed by atoms with E-state index in [4.69, 9.17) is 9.47 Å². The predicted molar refractivity (Wildman–Crippen MR) is 108 cm³/mol. The fraction of sp³-hybridized carbons (Fsp3) is 0.200. The Hall–Kier alpha value is -4.08. The van der Waals surface area contributed by atoms with Crippen LogP contribution in [0, 0.1) is 24.0 Å². The van der Waals surface area contributed by atoms with E-state index in [1.165, 1.54) is 25.3 Å². The van der Waals surface area contributed by atoms with E-state index in [9.17, 15) is 19.7 Å². The van der Waals surface area contributed by atoms with Crippen LogP contribution in [0.5, 0.6) is 5.75 Å². The molecule has 3 rings (SSSR count). The minimum absolute atomic E-state index is 0.114. The lowest BCUT2D eigenvalue weighted by Gasteiger charge is -2.10. The number of ether oxygens (including phenoxy) is 2. The third kappa shape index (κ3) is 4.49. The number of esters is 1. The normalized spacial score (nSPS) is 10.5. The molecule has 3 aromatic rings. The zero-order valence-electron chi connectivity index (χ0n) is 16.5. The quantitative estimate of drug-likeness (QED) is 0.372. The Balaban J connectivity index is 1.66. The number of non-ortho nitro benzene ring substituents is 1. The Morgan fingerprint density at radius 1 is 1.07 bits per heavy atom. The maximum atomic E-state index is 12.3. The Kier molecular flexibility index (Phi) is 5.86. The lowest BCUT2D eigenvalue weighted by Crippen LogP contribution is -2.21. The molecule has 1 amide bonds. The number of aryl methyl sites for hydroxylation is 2. The lowest BCUT2D eigenvalue weighted by molar-refractivity contribution is -0.384. The number of aromatic nitrogens is 2. The number of methoxy groups -OCH3 is 1. The molecule has 1 N–H and O–H groups in total. The molecule has 30 heavy (non-hydrogen) atoms. The monoisotopic (exact) mass is 410 g/mol. The van der Waals surface area contributed by atoms with Gasteiger partial charge in [-0.05, 0) is 38.1 Å². The van der Waals surface area contributed by atoms with Crippen molar-refractivity contribution in [2.75, 3.05) is 19.0 Å².